The summed E-state index contributed by atoms with van der Waals surface area (Å²) in [5.74, 6) is -6.05. The van der Waals surface area contributed by atoms with Crippen molar-refractivity contribution < 1.29 is 67.5 Å². The van der Waals surface area contributed by atoms with Crippen molar-refractivity contribution in [3.63, 3.8) is 0 Å². The van der Waals surface area contributed by atoms with Gasteiger partial charge in [0.05, 0.1) is 7.11 Å². The highest BCUT2D eigenvalue weighted by Gasteiger charge is 2.33. The summed E-state index contributed by atoms with van der Waals surface area (Å²) in [5.41, 5.74) is 0. The molecule has 0 atom stereocenters. The summed E-state index contributed by atoms with van der Waals surface area (Å²) < 4.78 is 4.35. The molecule has 0 radical (unpaired) electrons. The Balaban J connectivity index is 0.000000896. The van der Waals surface area contributed by atoms with E-state index >= 15 is 0 Å². The minimum Gasteiger partial charge on any atom is -0.478 e. The van der Waals surface area contributed by atoms with Crippen molar-refractivity contribution in [3.8, 4) is 0 Å². The third-order valence-electron chi connectivity index (χ3n) is 6.06. The molecule has 0 aromatic rings. The number of imide groups is 2. The highest BCUT2D eigenvalue weighted by molar-refractivity contribution is 14.1. The number of hydrogen-bond acceptors (Lipinski definition) is 13. The molecule has 2 aliphatic rings. The van der Waals surface area contributed by atoms with Crippen molar-refractivity contribution in [2.75, 3.05) is 25.1 Å². The Morgan fingerprint density at radius 2 is 1.00 bits per heavy atom. The van der Waals surface area contributed by atoms with Gasteiger partial charge >= 0.3 is 23.9 Å². The van der Waals surface area contributed by atoms with Gasteiger partial charge in [-0.3, -0.25) is 28.8 Å². The molecule has 2 saturated heterocycles. The van der Waals surface area contributed by atoms with Gasteiger partial charge < -0.3 is 30.2 Å². The number of esters is 1. The standard InChI is InChI=1S/C15H20N2O7.C14H18N2O7.CH3I/c1-23-14(21)9-6-11(18)16-10-4-2-3-5-15(22)24-17-12(19)7-8-13(17)20;17-10(5-8-13(20)21)15-9-3-1-2-4-14(22)23-16-11(18)6-7-12(16)19;1-2/h6,9H,2-5,7-8,10H2,1H3,(H,16,18);5,8H,1-4,6-7,9H2,(H,15,17)(H,20,21);1H3/b9-6-;8-5-;. The van der Waals surface area contributed by atoms with E-state index in [-0.39, 0.29) is 38.5 Å². The summed E-state index contributed by atoms with van der Waals surface area (Å²) in [6.07, 6.45) is 7.63. The van der Waals surface area contributed by atoms with Gasteiger partial charge in [0.1, 0.15) is 0 Å². The van der Waals surface area contributed by atoms with Crippen LogP contribution in [0.3, 0.4) is 0 Å². The van der Waals surface area contributed by atoms with Crippen LogP contribution >= 0.6 is 22.6 Å². The summed E-state index contributed by atoms with van der Waals surface area (Å²) in [7, 11) is 1.21. The van der Waals surface area contributed by atoms with E-state index in [2.05, 4.69) is 38.0 Å². The largest absolute Gasteiger partial charge is 0.478 e. The molecular formula is C30H41IN4O14. The van der Waals surface area contributed by atoms with Crippen molar-refractivity contribution >= 4 is 81.9 Å². The maximum atomic E-state index is 11.5. The van der Waals surface area contributed by atoms with E-state index in [4.69, 9.17) is 14.8 Å². The van der Waals surface area contributed by atoms with E-state index in [1.807, 2.05) is 4.93 Å². The molecule has 0 saturated carbocycles. The fourth-order valence-electron chi connectivity index (χ4n) is 3.65. The Morgan fingerprint density at radius 1 is 0.633 bits per heavy atom. The zero-order chi connectivity index (χ0) is 37.2. The zero-order valence-electron chi connectivity index (χ0n) is 27.2. The molecule has 49 heavy (non-hydrogen) atoms. The normalized spacial score (nSPS) is 13.8. The number of carboxylic acid groups (broad SMARTS) is 1. The topological polar surface area (TPSA) is 249 Å². The summed E-state index contributed by atoms with van der Waals surface area (Å²) in [5, 5.41) is 14.4. The molecule has 2 fully saturated rings. The molecule has 2 rings (SSSR count). The molecule has 2 heterocycles. The average Bonchev–Trinajstić information content (AvgIpc) is 3.57. The number of aliphatic carboxylic acids is 1. The number of halogens is 1. The smallest absolute Gasteiger partial charge is 0.333 e. The maximum Gasteiger partial charge on any atom is 0.333 e. The molecule has 0 aliphatic carbocycles. The number of alkyl halides is 1. The lowest BCUT2D eigenvalue weighted by Gasteiger charge is -2.12. The van der Waals surface area contributed by atoms with E-state index in [9.17, 15) is 47.9 Å². The number of carbonyl (C=O) groups excluding carboxylic acids is 9. The molecule has 0 aromatic heterocycles. The predicted octanol–water partition coefficient (Wildman–Crippen LogP) is 0.962. The second-order valence-corrected chi connectivity index (χ2v) is 9.82. The Morgan fingerprint density at radius 3 is 1.35 bits per heavy atom. The van der Waals surface area contributed by atoms with Gasteiger partial charge in [0.2, 0.25) is 11.8 Å². The van der Waals surface area contributed by atoms with Gasteiger partial charge in [0.25, 0.3) is 23.6 Å². The molecule has 0 unspecified atom stereocenters. The van der Waals surface area contributed by atoms with E-state index in [1.54, 1.807) is 0 Å². The Hall–Kier alpha value is -4.69. The molecule has 0 bridgehead atoms. The molecular weight excluding hydrogens is 767 g/mol. The SMILES string of the molecule is CI.COC(=O)/C=C\C(=O)NCCCCCC(=O)ON1C(=O)CCC1=O.O=C(O)/C=C\C(=O)NCCCCCC(=O)ON1C(=O)CCC1=O. The maximum absolute atomic E-state index is 11.5. The third-order valence-corrected chi connectivity index (χ3v) is 6.06. The number of hydroxylamine groups is 4. The van der Waals surface area contributed by atoms with Gasteiger partial charge in [-0.1, -0.05) is 35.4 Å². The molecule has 19 heteroatoms. The zero-order valence-corrected chi connectivity index (χ0v) is 29.4. The van der Waals surface area contributed by atoms with Crippen LogP contribution in [0.1, 0.15) is 77.0 Å². The molecule has 6 amide bonds. The number of methoxy groups -OCH3 is 1. The fourth-order valence-corrected chi connectivity index (χ4v) is 3.65. The van der Waals surface area contributed by atoms with Crippen LogP contribution in [0.2, 0.25) is 0 Å². The van der Waals surface area contributed by atoms with Crippen LogP contribution < -0.4 is 10.6 Å². The van der Waals surface area contributed by atoms with Crippen LogP contribution in [-0.4, -0.2) is 99.7 Å². The van der Waals surface area contributed by atoms with Crippen molar-refractivity contribution in [2.24, 2.45) is 0 Å². The fraction of sp³-hybridized carbons (Fsp3) is 0.533. The predicted molar refractivity (Wildman–Crippen MR) is 175 cm³/mol. The first-order valence-corrected chi connectivity index (χ1v) is 17.2. The van der Waals surface area contributed by atoms with E-state index in [0.717, 1.165) is 24.3 Å². The van der Waals surface area contributed by atoms with Crippen LogP contribution in [0.4, 0.5) is 0 Å². The molecule has 18 nitrogen and oxygen atoms in total. The second kappa shape index (κ2) is 26.3. The van der Waals surface area contributed by atoms with Gasteiger partial charge in [-0.15, -0.1) is 10.1 Å². The van der Waals surface area contributed by atoms with Crippen molar-refractivity contribution in [3.05, 3.63) is 24.3 Å². The van der Waals surface area contributed by atoms with E-state index in [1.165, 1.54) is 7.11 Å². The lowest BCUT2D eigenvalue weighted by atomic mass is 10.2. The first-order chi connectivity index (χ1) is 23.3. The van der Waals surface area contributed by atoms with E-state index < -0.39 is 59.3 Å². The van der Waals surface area contributed by atoms with Gasteiger partial charge in [-0.2, -0.15) is 0 Å². The van der Waals surface area contributed by atoms with Crippen molar-refractivity contribution in [1.29, 1.82) is 0 Å². The highest BCUT2D eigenvalue weighted by Crippen LogP contribution is 2.14. The average molecular weight is 809 g/mol. The van der Waals surface area contributed by atoms with Gasteiger partial charge in [0, 0.05) is 75.9 Å². The highest BCUT2D eigenvalue weighted by atomic mass is 127. The lowest BCUT2D eigenvalue weighted by Crippen LogP contribution is -2.31. The second-order valence-electron chi connectivity index (χ2n) is 9.82. The van der Waals surface area contributed by atoms with Gasteiger partial charge in [0.15, 0.2) is 0 Å². The van der Waals surface area contributed by atoms with Crippen molar-refractivity contribution in [1.82, 2.24) is 20.8 Å². The van der Waals surface area contributed by atoms with Crippen LogP contribution in [0.25, 0.3) is 0 Å². The Kier molecular flexibility index (Phi) is 23.8. The quantitative estimate of drug-likeness (QED) is 0.0436. The van der Waals surface area contributed by atoms with Crippen LogP contribution in [0, 0.1) is 0 Å². The number of rotatable bonds is 18. The molecule has 3 N–H and O–H groups in total. The summed E-state index contributed by atoms with van der Waals surface area (Å²) >= 11 is 2.15. The molecule has 2 aliphatic heterocycles. The summed E-state index contributed by atoms with van der Waals surface area (Å²) in [4.78, 5) is 123. The van der Waals surface area contributed by atoms with Gasteiger partial charge in [-0.25, -0.2) is 19.2 Å². The number of amides is 6. The molecule has 0 aromatic carbocycles. The van der Waals surface area contributed by atoms with E-state index in [0.29, 0.717) is 61.7 Å². The summed E-state index contributed by atoms with van der Waals surface area (Å²) in [6, 6.07) is 0. The van der Waals surface area contributed by atoms with Crippen LogP contribution in [0.5, 0.6) is 0 Å². The number of carbonyl (C=O) groups is 10. The number of ether oxygens (including phenoxy) is 1. The monoisotopic (exact) mass is 808 g/mol. The van der Waals surface area contributed by atoms with Crippen molar-refractivity contribution in [2.45, 2.75) is 77.0 Å². The summed E-state index contributed by atoms with van der Waals surface area (Å²) in [6.45, 7) is 0.740. The lowest BCUT2D eigenvalue weighted by molar-refractivity contribution is -0.197. The minimum absolute atomic E-state index is 0.0577. The number of hydrogen-bond donors (Lipinski definition) is 3. The van der Waals surface area contributed by atoms with Gasteiger partial charge in [-0.05, 0) is 30.6 Å². The molecule has 0 spiro atoms. The van der Waals surface area contributed by atoms with Crippen LogP contribution in [-0.2, 0) is 62.4 Å². The van der Waals surface area contributed by atoms with Crippen LogP contribution in [0.15, 0.2) is 24.3 Å². The minimum atomic E-state index is -1.20. The first-order valence-electron chi connectivity index (χ1n) is 15.1. The third kappa shape index (κ3) is 21.0. The molecule has 272 valence electrons. The first kappa shape index (κ1) is 44.3. The number of unbranched alkanes of at least 4 members (excludes halogenated alkanes) is 4. The number of nitrogens with one attached hydrogen (secondary N) is 2. The Bertz CT molecular complexity index is 1230. The Labute approximate surface area is 295 Å². The number of nitrogens with zero attached hydrogens (tertiary/aromatic N) is 2. The number of carboxylic acids is 1.